The van der Waals surface area contributed by atoms with Gasteiger partial charge in [-0.3, -0.25) is 9.59 Å². The first-order chi connectivity index (χ1) is 16.3. The number of hydrogen-bond acceptors (Lipinski definition) is 4. The first-order valence-corrected chi connectivity index (χ1v) is 12.0. The Kier molecular flexibility index (Phi) is 14.9. The lowest BCUT2D eigenvalue weighted by molar-refractivity contribution is -0.120. The Hall–Kier alpha value is -2.40. The van der Waals surface area contributed by atoms with Crippen LogP contribution in [0.5, 0.6) is 0 Å². The molecule has 0 aromatic heterocycles. The molecule has 2 aromatic carbocycles. The topological polar surface area (TPSA) is 82.3 Å². The number of carbonyl (C=O) groups excluding carboxylic acids is 2. The zero-order chi connectivity index (χ0) is 25.3. The van der Waals surface area contributed by atoms with Gasteiger partial charge >= 0.3 is 0 Å². The van der Waals surface area contributed by atoms with Gasteiger partial charge in [-0.1, -0.05) is 24.3 Å². The summed E-state index contributed by atoms with van der Waals surface area (Å²) in [7, 11) is 0. The maximum atomic E-state index is 13.2. The summed E-state index contributed by atoms with van der Waals surface area (Å²) in [5.41, 5.74) is 0.463. The molecule has 0 saturated carbocycles. The molecule has 0 aliphatic carbocycles. The summed E-state index contributed by atoms with van der Waals surface area (Å²) in [5.74, 6) is -0.490. The van der Waals surface area contributed by atoms with Crippen molar-refractivity contribution in [3.05, 3.63) is 60.2 Å². The Morgan fingerprint density at radius 2 is 1.06 bits per heavy atom. The molecule has 2 aromatic rings. The fourth-order valence-electron chi connectivity index (χ4n) is 2.27. The summed E-state index contributed by atoms with van der Waals surface area (Å²) in [6, 6.07) is 12.2. The van der Waals surface area contributed by atoms with Crippen LogP contribution in [-0.4, -0.2) is 33.8 Å². The average Bonchev–Trinajstić information content (AvgIpc) is 2.79. The summed E-state index contributed by atoms with van der Waals surface area (Å²) < 4.78 is 26.5. The Bertz CT molecular complexity index is 906. The number of rotatable bonds is 8. The van der Waals surface area contributed by atoms with Gasteiger partial charge in [0, 0.05) is 24.6 Å². The van der Waals surface area contributed by atoms with E-state index in [9.17, 15) is 18.4 Å². The van der Waals surface area contributed by atoms with Crippen LogP contribution < -0.4 is 21.3 Å². The van der Waals surface area contributed by atoms with Gasteiger partial charge in [0.2, 0.25) is 11.8 Å². The standard InChI is InChI=1S/2C11H12ClFN2OS/c2*12-7-3-6-10(16)15-11(17)14-9-5-2-1-4-8(9)13/h2*1-2,4-5H,3,6-7H2,(H2,14,15,16,17). The van der Waals surface area contributed by atoms with E-state index in [1.165, 1.54) is 24.3 Å². The van der Waals surface area contributed by atoms with Crippen LogP contribution in [0.15, 0.2) is 48.5 Å². The van der Waals surface area contributed by atoms with Crippen LogP contribution in [0.1, 0.15) is 25.7 Å². The van der Waals surface area contributed by atoms with Gasteiger partial charge in [0.05, 0.1) is 11.4 Å². The molecule has 184 valence electrons. The van der Waals surface area contributed by atoms with Crippen LogP contribution in [0.3, 0.4) is 0 Å². The second-order valence-corrected chi connectivity index (χ2v) is 8.12. The van der Waals surface area contributed by atoms with Crippen LogP contribution in [-0.2, 0) is 9.59 Å². The highest BCUT2D eigenvalue weighted by Gasteiger charge is 2.07. The zero-order valence-electron chi connectivity index (χ0n) is 18.0. The van der Waals surface area contributed by atoms with E-state index in [1.54, 1.807) is 24.3 Å². The van der Waals surface area contributed by atoms with E-state index in [0.717, 1.165) is 0 Å². The normalized spacial score (nSPS) is 9.76. The van der Waals surface area contributed by atoms with Gasteiger partial charge in [-0.25, -0.2) is 8.78 Å². The van der Waals surface area contributed by atoms with E-state index in [1.807, 2.05) is 0 Å². The molecule has 0 aliphatic heterocycles. The van der Waals surface area contributed by atoms with Crippen LogP contribution in [0.25, 0.3) is 0 Å². The first kappa shape index (κ1) is 29.6. The van der Waals surface area contributed by atoms with Crippen molar-refractivity contribution < 1.29 is 18.4 Å². The predicted molar refractivity (Wildman–Crippen MR) is 141 cm³/mol. The molecule has 0 unspecified atom stereocenters. The third-order valence-corrected chi connectivity index (χ3v) is 4.77. The van der Waals surface area contributed by atoms with E-state index in [-0.39, 0.29) is 33.4 Å². The average molecular weight is 549 g/mol. The molecule has 6 nitrogen and oxygen atoms in total. The fourth-order valence-corrected chi connectivity index (χ4v) is 2.98. The summed E-state index contributed by atoms with van der Waals surface area (Å²) in [6.07, 6.45) is 1.75. The molecule has 0 heterocycles. The second-order valence-electron chi connectivity index (χ2n) is 6.55. The molecule has 4 N–H and O–H groups in total. The molecule has 0 fully saturated rings. The summed E-state index contributed by atoms with van der Waals surface area (Å²) in [6.45, 7) is 0. The lowest BCUT2D eigenvalue weighted by atomic mass is 10.3. The maximum Gasteiger partial charge on any atom is 0.226 e. The SMILES string of the molecule is O=C(CCCCl)NC(=S)Nc1ccccc1F.O=C(CCCCl)NC(=S)Nc1ccccc1F. The van der Waals surface area contributed by atoms with Gasteiger partial charge in [0.25, 0.3) is 0 Å². The number of amides is 2. The molecular weight excluding hydrogens is 525 g/mol. The zero-order valence-corrected chi connectivity index (χ0v) is 21.2. The molecular formula is C22H24Cl2F2N4O2S2. The van der Waals surface area contributed by atoms with Crippen LogP contribution in [0.4, 0.5) is 20.2 Å². The summed E-state index contributed by atoms with van der Waals surface area (Å²) in [4.78, 5) is 22.6. The third kappa shape index (κ3) is 12.7. The van der Waals surface area contributed by atoms with Crippen molar-refractivity contribution in [1.29, 1.82) is 0 Å². The van der Waals surface area contributed by atoms with Crippen molar-refractivity contribution in [3.63, 3.8) is 0 Å². The molecule has 34 heavy (non-hydrogen) atoms. The number of thiocarbonyl (C=S) groups is 2. The molecule has 2 rings (SSSR count). The number of halogens is 4. The number of anilines is 2. The van der Waals surface area contributed by atoms with E-state index >= 15 is 0 Å². The minimum Gasteiger partial charge on any atom is -0.330 e. The van der Waals surface area contributed by atoms with Crippen LogP contribution >= 0.6 is 47.6 Å². The van der Waals surface area contributed by atoms with Gasteiger partial charge in [0.1, 0.15) is 11.6 Å². The van der Waals surface area contributed by atoms with Gasteiger partial charge in [-0.2, -0.15) is 0 Å². The van der Waals surface area contributed by atoms with E-state index < -0.39 is 11.6 Å². The molecule has 0 spiro atoms. The lowest BCUT2D eigenvalue weighted by Gasteiger charge is -2.09. The minimum atomic E-state index is -0.426. The number of para-hydroxylation sites is 2. The van der Waals surface area contributed by atoms with Crippen molar-refractivity contribution in [2.75, 3.05) is 22.4 Å². The van der Waals surface area contributed by atoms with E-state index in [2.05, 4.69) is 21.3 Å². The Morgan fingerprint density at radius 3 is 1.38 bits per heavy atom. The summed E-state index contributed by atoms with van der Waals surface area (Å²) in [5, 5.41) is 10.3. The quantitative estimate of drug-likeness (QED) is 0.264. The van der Waals surface area contributed by atoms with E-state index in [0.29, 0.717) is 37.4 Å². The molecule has 2 amide bonds. The van der Waals surface area contributed by atoms with Gasteiger partial charge < -0.3 is 21.3 Å². The maximum absolute atomic E-state index is 13.2. The minimum absolute atomic E-state index is 0.0784. The highest BCUT2D eigenvalue weighted by molar-refractivity contribution is 7.80. The van der Waals surface area contributed by atoms with Gasteiger partial charge in [-0.05, 0) is 61.5 Å². The highest BCUT2D eigenvalue weighted by atomic mass is 35.5. The highest BCUT2D eigenvalue weighted by Crippen LogP contribution is 2.12. The van der Waals surface area contributed by atoms with Crippen molar-refractivity contribution in [2.45, 2.75) is 25.7 Å². The molecule has 0 radical (unpaired) electrons. The predicted octanol–water partition coefficient (Wildman–Crippen LogP) is 5.32. The molecule has 0 atom stereocenters. The monoisotopic (exact) mass is 548 g/mol. The third-order valence-electron chi connectivity index (χ3n) is 3.82. The molecule has 0 saturated heterocycles. The lowest BCUT2D eigenvalue weighted by Crippen LogP contribution is -2.34. The number of nitrogens with one attached hydrogen (secondary N) is 4. The fraction of sp³-hybridized carbons (Fsp3) is 0.273. The van der Waals surface area contributed by atoms with Gasteiger partial charge in [-0.15, -0.1) is 23.2 Å². The second kappa shape index (κ2) is 17.1. The first-order valence-electron chi connectivity index (χ1n) is 10.1. The number of alkyl halides is 2. The Morgan fingerprint density at radius 1 is 0.706 bits per heavy atom. The van der Waals surface area contributed by atoms with Crippen LogP contribution in [0, 0.1) is 11.6 Å². The van der Waals surface area contributed by atoms with Crippen molar-refractivity contribution in [3.8, 4) is 0 Å². The van der Waals surface area contributed by atoms with Gasteiger partial charge in [0.15, 0.2) is 10.2 Å². The largest absolute Gasteiger partial charge is 0.330 e. The summed E-state index contributed by atoms with van der Waals surface area (Å²) >= 11 is 20.7. The van der Waals surface area contributed by atoms with Crippen molar-refractivity contribution in [1.82, 2.24) is 10.6 Å². The number of benzene rings is 2. The Balaban J connectivity index is 0.000000340. The molecule has 0 aliphatic rings. The number of carbonyl (C=O) groups is 2. The van der Waals surface area contributed by atoms with Crippen molar-refractivity contribution >= 4 is 81.1 Å². The number of hydrogen-bond donors (Lipinski definition) is 4. The van der Waals surface area contributed by atoms with Crippen LogP contribution in [0.2, 0.25) is 0 Å². The molecule has 0 bridgehead atoms. The molecule has 12 heteroatoms. The van der Waals surface area contributed by atoms with E-state index in [4.69, 9.17) is 47.6 Å². The van der Waals surface area contributed by atoms with Crippen molar-refractivity contribution in [2.24, 2.45) is 0 Å². The smallest absolute Gasteiger partial charge is 0.226 e. The Labute approximate surface area is 217 Å².